The molecule has 6 heteroatoms. The van der Waals surface area contributed by atoms with E-state index in [1.54, 1.807) is 6.07 Å². The number of rotatable bonds is 5. The van der Waals surface area contributed by atoms with Crippen molar-refractivity contribution in [1.82, 2.24) is 0 Å². The van der Waals surface area contributed by atoms with E-state index in [-0.39, 0.29) is 23.6 Å². The molecule has 0 aliphatic heterocycles. The van der Waals surface area contributed by atoms with Crippen LogP contribution in [0.3, 0.4) is 0 Å². The zero-order valence-corrected chi connectivity index (χ0v) is 12.8. The first-order valence-corrected chi connectivity index (χ1v) is 6.93. The normalized spacial score (nSPS) is 10.2. The van der Waals surface area contributed by atoms with Crippen molar-refractivity contribution in [3.05, 3.63) is 53.1 Å². The summed E-state index contributed by atoms with van der Waals surface area (Å²) >= 11 is 0. The second kappa shape index (κ2) is 6.83. The fraction of sp³-hybridized carbons (Fsp3) is 0.176. The van der Waals surface area contributed by atoms with E-state index in [2.05, 4.69) is 5.32 Å². The van der Waals surface area contributed by atoms with Gasteiger partial charge in [0.2, 0.25) is 0 Å². The summed E-state index contributed by atoms with van der Waals surface area (Å²) in [5, 5.41) is 21.0. The molecule has 0 unspecified atom stereocenters. The molecule has 2 aromatic rings. The van der Waals surface area contributed by atoms with Crippen LogP contribution in [0.15, 0.2) is 36.4 Å². The van der Waals surface area contributed by atoms with E-state index in [9.17, 15) is 14.7 Å². The minimum atomic E-state index is -1.16. The molecule has 0 atom stereocenters. The summed E-state index contributed by atoms with van der Waals surface area (Å²) in [6.07, 6.45) is 0. The van der Waals surface area contributed by atoms with E-state index >= 15 is 0 Å². The van der Waals surface area contributed by atoms with E-state index < -0.39 is 11.9 Å². The summed E-state index contributed by atoms with van der Waals surface area (Å²) in [5.74, 6) is -1.35. The van der Waals surface area contributed by atoms with Gasteiger partial charge in [0.15, 0.2) is 6.61 Å². The Morgan fingerprint density at radius 1 is 1.09 bits per heavy atom. The molecule has 0 radical (unpaired) electrons. The summed E-state index contributed by atoms with van der Waals surface area (Å²) in [4.78, 5) is 22.6. The van der Waals surface area contributed by atoms with E-state index in [4.69, 9.17) is 9.84 Å². The van der Waals surface area contributed by atoms with Crippen LogP contribution in [0.4, 0.5) is 5.69 Å². The van der Waals surface area contributed by atoms with Crippen LogP contribution in [-0.2, 0) is 4.79 Å². The number of carbonyl (C=O) groups excluding carboxylic acids is 1. The van der Waals surface area contributed by atoms with Gasteiger partial charge >= 0.3 is 5.97 Å². The first-order chi connectivity index (χ1) is 10.9. The Kier molecular flexibility index (Phi) is 4.85. The highest BCUT2D eigenvalue weighted by atomic mass is 16.5. The van der Waals surface area contributed by atoms with Crippen LogP contribution in [-0.4, -0.2) is 28.7 Å². The summed E-state index contributed by atoms with van der Waals surface area (Å²) in [6, 6.07) is 9.20. The van der Waals surface area contributed by atoms with E-state index in [0.717, 1.165) is 17.2 Å². The van der Waals surface area contributed by atoms with Crippen LogP contribution < -0.4 is 10.1 Å². The number of carboxylic acids is 1. The third-order valence-corrected chi connectivity index (χ3v) is 3.37. The molecule has 0 bridgehead atoms. The number of benzene rings is 2. The number of hydrogen-bond acceptors (Lipinski definition) is 4. The molecular weight excluding hydrogens is 298 g/mol. The lowest BCUT2D eigenvalue weighted by molar-refractivity contribution is -0.118. The molecule has 0 aromatic heterocycles. The van der Waals surface area contributed by atoms with Crippen molar-refractivity contribution in [3.63, 3.8) is 0 Å². The second-order valence-electron chi connectivity index (χ2n) is 5.12. The molecule has 120 valence electrons. The molecule has 0 saturated carbocycles. The number of nitrogens with one attached hydrogen (secondary N) is 1. The van der Waals surface area contributed by atoms with Gasteiger partial charge in [-0.05, 0) is 55.3 Å². The second-order valence-corrected chi connectivity index (χ2v) is 5.12. The molecule has 0 aliphatic carbocycles. The monoisotopic (exact) mass is 315 g/mol. The van der Waals surface area contributed by atoms with Crippen molar-refractivity contribution in [2.24, 2.45) is 0 Å². The van der Waals surface area contributed by atoms with Gasteiger partial charge in [-0.3, -0.25) is 4.79 Å². The topological polar surface area (TPSA) is 95.9 Å². The standard InChI is InChI=1S/C17H17NO5/c1-10-3-5-13(7-11(10)2)23-9-16(20)18-14-6-4-12(17(21)22)8-15(14)19/h3-8,19H,9H2,1-2H3,(H,18,20)(H,21,22). The van der Waals surface area contributed by atoms with Crippen molar-refractivity contribution in [2.75, 3.05) is 11.9 Å². The molecule has 6 nitrogen and oxygen atoms in total. The van der Waals surface area contributed by atoms with Crippen LogP contribution in [0.5, 0.6) is 11.5 Å². The Hall–Kier alpha value is -3.02. The maximum atomic E-state index is 11.8. The molecule has 0 aliphatic rings. The van der Waals surface area contributed by atoms with Gasteiger partial charge in [-0.2, -0.15) is 0 Å². The number of phenols is 1. The molecule has 2 aromatic carbocycles. The maximum Gasteiger partial charge on any atom is 0.335 e. The van der Waals surface area contributed by atoms with Crippen molar-refractivity contribution >= 4 is 17.6 Å². The number of aromatic carboxylic acids is 1. The molecule has 0 heterocycles. The van der Waals surface area contributed by atoms with Crippen molar-refractivity contribution < 1.29 is 24.5 Å². The summed E-state index contributed by atoms with van der Waals surface area (Å²) < 4.78 is 5.39. The van der Waals surface area contributed by atoms with Gasteiger partial charge in [0.1, 0.15) is 11.5 Å². The average Bonchev–Trinajstić information content (AvgIpc) is 2.50. The fourth-order valence-electron chi connectivity index (χ4n) is 1.91. The minimum absolute atomic E-state index is 0.0631. The Morgan fingerprint density at radius 2 is 1.83 bits per heavy atom. The van der Waals surface area contributed by atoms with E-state index in [1.165, 1.54) is 12.1 Å². The third kappa shape index (κ3) is 4.23. The predicted octanol–water partition coefficient (Wildman–Crippen LogP) is 2.72. The van der Waals surface area contributed by atoms with Gasteiger partial charge in [0.25, 0.3) is 5.91 Å². The largest absolute Gasteiger partial charge is 0.506 e. The molecule has 2 rings (SSSR count). The van der Waals surface area contributed by atoms with Crippen LogP contribution >= 0.6 is 0 Å². The number of anilines is 1. The van der Waals surface area contributed by atoms with E-state index in [1.807, 2.05) is 26.0 Å². The van der Waals surface area contributed by atoms with Gasteiger partial charge in [-0.15, -0.1) is 0 Å². The van der Waals surface area contributed by atoms with Crippen LogP contribution in [0.2, 0.25) is 0 Å². The highest BCUT2D eigenvalue weighted by Crippen LogP contribution is 2.24. The fourth-order valence-corrected chi connectivity index (χ4v) is 1.91. The molecule has 0 spiro atoms. The highest BCUT2D eigenvalue weighted by Gasteiger charge is 2.11. The smallest absolute Gasteiger partial charge is 0.335 e. The van der Waals surface area contributed by atoms with Crippen molar-refractivity contribution in [1.29, 1.82) is 0 Å². The summed E-state index contributed by atoms with van der Waals surface area (Å²) in [6.45, 7) is 3.71. The van der Waals surface area contributed by atoms with Gasteiger partial charge in [0, 0.05) is 0 Å². The summed E-state index contributed by atoms with van der Waals surface area (Å²) in [5.41, 5.74) is 2.26. The molecule has 3 N–H and O–H groups in total. The number of aryl methyl sites for hydroxylation is 2. The Morgan fingerprint density at radius 3 is 2.43 bits per heavy atom. The zero-order valence-electron chi connectivity index (χ0n) is 12.8. The SMILES string of the molecule is Cc1ccc(OCC(=O)Nc2ccc(C(=O)O)cc2O)cc1C. The highest BCUT2D eigenvalue weighted by molar-refractivity contribution is 5.95. The number of ether oxygens (including phenoxy) is 1. The molecule has 0 saturated heterocycles. The molecule has 1 amide bonds. The Bertz CT molecular complexity index is 755. The predicted molar refractivity (Wildman–Crippen MR) is 85.1 cm³/mol. The van der Waals surface area contributed by atoms with Crippen molar-refractivity contribution in [2.45, 2.75) is 13.8 Å². The number of carboxylic acid groups (broad SMARTS) is 1. The number of amides is 1. The van der Waals surface area contributed by atoms with Crippen LogP contribution in [0, 0.1) is 13.8 Å². The van der Waals surface area contributed by atoms with Crippen LogP contribution in [0.25, 0.3) is 0 Å². The number of aromatic hydroxyl groups is 1. The van der Waals surface area contributed by atoms with Gasteiger partial charge < -0.3 is 20.3 Å². The molecule has 23 heavy (non-hydrogen) atoms. The van der Waals surface area contributed by atoms with Gasteiger partial charge in [0.05, 0.1) is 11.3 Å². The van der Waals surface area contributed by atoms with Crippen LogP contribution in [0.1, 0.15) is 21.5 Å². The van der Waals surface area contributed by atoms with Gasteiger partial charge in [-0.25, -0.2) is 4.79 Å². The first-order valence-electron chi connectivity index (χ1n) is 6.93. The number of carbonyl (C=O) groups is 2. The Labute approximate surface area is 133 Å². The first kappa shape index (κ1) is 16.4. The quantitative estimate of drug-likeness (QED) is 0.737. The maximum absolute atomic E-state index is 11.8. The third-order valence-electron chi connectivity index (χ3n) is 3.37. The minimum Gasteiger partial charge on any atom is -0.506 e. The Balaban J connectivity index is 1.97. The zero-order chi connectivity index (χ0) is 17.0. The summed E-state index contributed by atoms with van der Waals surface area (Å²) in [7, 11) is 0. The lowest BCUT2D eigenvalue weighted by Gasteiger charge is -2.10. The lowest BCUT2D eigenvalue weighted by Crippen LogP contribution is -2.20. The number of hydrogen-bond donors (Lipinski definition) is 3. The lowest BCUT2D eigenvalue weighted by atomic mass is 10.1. The van der Waals surface area contributed by atoms with Gasteiger partial charge in [-0.1, -0.05) is 6.07 Å². The molecule has 0 fully saturated rings. The van der Waals surface area contributed by atoms with E-state index in [0.29, 0.717) is 5.75 Å². The molecular formula is C17H17NO5. The average molecular weight is 315 g/mol. The van der Waals surface area contributed by atoms with Crippen molar-refractivity contribution in [3.8, 4) is 11.5 Å². The number of phenolic OH excluding ortho intramolecular Hbond substituents is 1.